The Morgan fingerprint density at radius 3 is 3.04 bits per heavy atom. The van der Waals surface area contributed by atoms with Crippen molar-refractivity contribution >= 4 is 28.5 Å². The van der Waals surface area contributed by atoms with E-state index in [1.54, 1.807) is 0 Å². The topological polar surface area (TPSA) is 76.8 Å². The average molecular weight is 387 g/mol. The summed E-state index contributed by atoms with van der Waals surface area (Å²) in [6, 6.07) is 5.75. The molecule has 0 unspecified atom stereocenters. The van der Waals surface area contributed by atoms with Crippen LogP contribution in [0.5, 0.6) is 0 Å². The van der Waals surface area contributed by atoms with Crippen LogP contribution in [0, 0.1) is 0 Å². The molecule has 7 nitrogen and oxygen atoms in total. The molecule has 2 atom stereocenters. The maximum Gasteiger partial charge on any atom is 0.220 e. The Labute approximate surface area is 162 Å². The van der Waals surface area contributed by atoms with Gasteiger partial charge in [-0.25, -0.2) is 4.98 Å². The molecule has 4 rings (SSSR count). The lowest BCUT2D eigenvalue weighted by molar-refractivity contribution is -0.123. The van der Waals surface area contributed by atoms with Gasteiger partial charge in [-0.05, 0) is 31.5 Å². The summed E-state index contributed by atoms with van der Waals surface area (Å²) in [5.74, 6) is 1.02. The van der Waals surface area contributed by atoms with Gasteiger partial charge in [-0.15, -0.1) is 0 Å². The molecule has 2 aromatic heterocycles. The fourth-order valence-corrected chi connectivity index (χ4v) is 3.81. The summed E-state index contributed by atoms with van der Waals surface area (Å²) >= 11 is 6.11. The van der Waals surface area contributed by atoms with Gasteiger partial charge in [0.25, 0.3) is 0 Å². The van der Waals surface area contributed by atoms with Gasteiger partial charge in [0.2, 0.25) is 5.91 Å². The quantitative estimate of drug-likeness (QED) is 0.706. The summed E-state index contributed by atoms with van der Waals surface area (Å²) in [4.78, 5) is 16.7. The monoisotopic (exact) mass is 386 g/mol. The first-order chi connectivity index (χ1) is 13.0. The summed E-state index contributed by atoms with van der Waals surface area (Å²) in [5, 5.41) is 11.7. The zero-order valence-corrected chi connectivity index (χ0v) is 16.2. The molecular weight excluding hydrogens is 364 g/mol. The predicted molar refractivity (Wildman–Crippen MR) is 104 cm³/mol. The second-order valence-electron chi connectivity index (χ2n) is 6.92. The Bertz CT molecular complexity index is 978. The van der Waals surface area contributed by atoms with Crippen LogP contribution in [0.15, 0.2) is 30.6 Å². The number of amides is 1. The van der Waals surface area contributed by atoms with Crippen LogP contribution < -0.4 is 10.6 Å². The van der Waals surface area contributed by atoms with Crippen molar-refractivity contribution in [3.8, 4) is 0 Å². The van der Waals surface area contributed by atoms with Crippen molar-refractivity contribution in [1.29, 1.82) is 0 Å². The van der Waals surface area contributed by atoms with E-state index in [4.69, 9.17) is 16.6 Å². The highest BCUT2D eigenvalue weighted by Gasteiger charge is 2.30. The lowest BCUT2D eigenvalue weighted by Gasteiger charge is -2.32. The van der Waals surface area contributed by atoms with E-state index in [0.717, 1.165) is 35.4 Å². The van der Waals surface area contributed by atoms with Gasteiger partial charge >= 0.3 is 0 Å². The number of nitrogens with one attached hydrogen (secondary N) is 2. The minimum atomic E-state index is -0.0873. The zero-order valence-electron chi connectivity index (χ0n) is 15.4. The molecule has 1 aromatic carbocycles. The molecule has 1 aliphatic rings. The number of benzene rings is 1. The van der Waals surface area contributed by atoms with Crippen molar-refractivity contribution in [2.45, 2.75) is 44.9 Å². The van der Waals surface area contributed by atoms with Gasteiger partial charge < -0.3 is 15.2 Å². The van der Waals surface area contributed by atoms with Gasteiger partial charge in [0, 0.05) is 42.8 Å². The van der Waals surface area contributed by atoms with Crippen LogP contribution in [-0.2, 0) is 24.9 Å². The predicted octanol–water partition coefficient (Wildman–Crippen LogP) is 2.55. The average Bonchev–Trinajstić information content (AvgIpc) is 3.26. The third-order valence-corrected chi connectivity index (χ3v) is 5.43. The van der Waals surface area contributed by atoms with Crippen molar-refractivity contribution in [2.24, 2.45) is 7.05 Å². The van der Waals surface area contributed by atoms with Gasteiger partial charge in [0.05, 0.1) is 29.8 Å². The van der Waals surface area contributed by atoms with Gasteiger partial charge in [-0.1, -0.05) is 11.6 Å². The fourth-order valence-electron chi connectivity index (χ4n) is 3.64. The SMILES string of the molecule is CCn1cc([C@@H]2NC(=O)CC[C@H]2NCc2nc3ccc(Cl)cc3n2C)cn1. The van der Waals surface area contributed by atoms with E-state index in [-0.39, 0.29) is 18.0 Å². The number of piperidine rings is 1. The van der Waals surface area contributed by atoms with E-state index < -0.39 is 0 Å². The highest BCUT2D eigenvalue weighted by atomic mass is 35.5. The van der Waals surface area contributed by atoms with Crippen molar-refractivity contribution in [2.75, 3.05) is 0 Å². The highest BCUT2D eigenvalue weighted by Crippen LogP contribution is 2.25. The molecule has 8 heteroatoms. The largest absolute Gasteiger partial charge is 0.348 e. The van der Waals surface area contributed by atoms with Gasteiger partial charge in [0.1, 0.15) is 5.82 Å². The van der Waals surface area contributed by atoms with Crippen molar-refractivity contribution in [3.63, 3.8) is 0 Å². The summed E-state index contributed by atoms with van der Waals surface area (Å²) in [6.07, 6.45) is 5.14. The van der Waals surface area contributed by atoms with Crippen LogP contribution in [0.4, 0.5) is 0 Å². The Balaban J connectivity index is 1.53. The lowest BCUT2D eigenvalue weighted by Crippen LogP contribution is -2.48. The third kappa shape index (κ3) is 3.57. The van der Waals surface area contributed by atoms with Gasteiger partial charge in [-0.3, -0.25) is 9.48 Å². The summed E-state index contributed by atoms with van der Waals surface area (Å²) < 4.78 is 3.93. The van der Waals surface area contributed by atoms with E-state index in [9.17, 15) is 4.79 Å². The molecule has 3 aromatic rings. The number of fused-ring (bicyclic) bond motifs is 1. The van der Waals surface area contributed by atoms with Gasteiger partial charge in [0.15, 0.2) is 0 Å². The first kappa shape index (κ1) is 18.0. The molecule has 1 saturated heterocycles. The van der Waals surface area contributed by atoms with Crippen molar-refractivity contribution in [1.82, 2.24) is 30.0 Å². The maximum absolute atomic E-state index is 12.0. The summed E-state index contributed by atoms with van der Waals surface area (Å²) in [7, 11) is 1.99. The Morgan fingerprint density at radius 2 is 2.26 bits per heavy atom. The Kier molecular flexibility index (Phi) is 4.88. The minimum Gasteiger partial charge on any atom is -0.348 e. The summed E-state index contributed by atoms with van der Waals surface area (Å²) in [5.41, 5.74) is 2.97. The molecule has 0 saturated carbocycles. The number of nitrogens with zero attached hydrogens (tertiary/aromatic N) is 4. The van der Waals surface area contributed by atoms with Crippen LogP contribution >= 0.6 is 11.6 Å². The number of aryl methyl sites for hydroxylation is 2. The fraction of sp³-hybridized carbons (Fsp3) is 0.421. The number of carbonyl (C=O) groups is 1. The normalized spacial score (nSPS) is 20.2. The van der Waals surface area contributed by atoms with E-state index in [1.165, 1.54) is 0 Å². The maximum atomic E-state index is 12.0. The van der Waals surface area contributed by atoms with E-state index in [2.05, 4.69) is 20.3 Å². The van der Waals surface area contributed by atoms with Crippen molar-refractivity contribution < 1.29 is 4.79 Å². The standard InChI is InChI=1S/C19H23ClN6O/c1-3-26-11-12(9-22-26)19-15(6-7-18(27)24-19)21-10-17-23-14-5-4-13(20)8-16(14)25(17)2/h4-5,8-9,11,15,19,21H,3,6-7,10H2,1-2H3,(H,24,27)/t15-,19+/m1/s1. The first-order valence-electron chi connectivity index (χ1n) is 9.21. The van der Waals surface area contributed by atoms with Crippen LogP contribution in [0.1, 0.15) is 37.2 Å². The molecular formula is C19H23ClN6O. The van der Waals surface area contributed by atoms with Crippen LogP contribution in [0.2, 0.25) is 5.02 Å². The second-order valence-corrected chi connectivity index (χ2v) is 7.36. The number of hydrogen-bond donors (Lipinski definition) is 2. The molecule has 27 heavy (non-hydrogen) atoms. The number of halogens is 1. The molecule has 3 heterocycles. The second kappa shape index (κ2) is 7.32. The molecule has 0 aliphatic carbocycles. The number of aromatic nitrogens is 4. The minimum absolute atomic E-state index is 0.0830. The molecule has 1 fully saturated rings. The lowest BCUT2D eigenvalue weighted by atomic mass is 9.94. The number of imidazole rings is 1. The van der Waals surface area contributed by atoms with Gasteiger partial charge in [-0.2, -0.15) is 5.10 Å². The molecule has 0 spiro atoms. The zero-order chi connectivity index (χ0) is 19.0. The van der Waals surface area contributed by atoms with Crippen LogP contribution in [0.25, 0.3) is 11.0 Å². The van der Waals surface area contributed by atoms with E-state index in [0.29, 0.717) is 18.0 Å². The smallest absolute Gasteiger partial charge is 0.220 e. The molecule has 142 valence electrons. The molecule has 1 aliphatic heterocycles. The third-order valence-electron chi connectivity index (χ3n) is 5.20. The first-order valence-corrected chi connectivity index (χ1v) is 9.59. The molecule has 2 N–H and O–H groups in total. The number of carbonyl (C=O) groups excluding carboxylic acids is 1. The molecule has 1 amide bonds. The van der Waals surface area contributed by atoms with Crippen LogP contribution in [0.3, 0.4) is 0 Å². The van der Waals surface area contributed by atoms with Crippen molar-refractivity contribution in [3.05, 3.63) is 47.0 Å². The molecule has 0 radical (unpaired) electrons. The Morgan fingerprint density at radius 1 is 1.41 bits per heavy atom. The number of rotatable bonds is 5. The highest BCUT2D eigenvalue weighted by molar-refractivity contribution is 6.31. The Hall–Kier alpha value is -2.38. The van der Waals surface area contributed by atoms with E-state index >= 15 is 0 Å². The molecule has 0 bridgehead atoms. The summed E-state index contributed by atoms with van der Waals surface area (Å²) in [6.45, 7) is 3.47. The number of hydrogen-bond acceptors (Lipinski definition) is 4. The van der Waals surface area contributed by atoms with E-state index in [1.807, 2.05) is 49.2 Å². The van der Waals surface area contributed by atoms with Crippen LogP contribution in [-0.4, -0.2) is 31.3 Å².